The maximum Gasteiger partial charge on any atom is 0.00471 e. The summed E-state index contributed by atoms with van der Waals surface area (Å²) < 4.78 is 0. The van der Waals surface area contributed by atoms with Gasteiger partial charge in [0.2, 0.25) is 0 Å². The van der Waals surface area contributed by atoms with Crippen LogP contribution < -0.4 is 0 Å². The Labute approximate surface area is 178 Å². The third-order valence-corrected chi connectivity index (χ3v) is 11.2. The molecule has 0 aromatic heterocycles. The fourth-order valence-corrected chi connectivity index (χ4v) is 8.36. The second-order valence-corrected chi connectivity index (χ2v) is 14.6. The van der Waals surface area contributed by atoms with E-state index in [0.29, 0.717) is 10.8 Å². The monoisotopic (exact) mass is 416 g/mol. The van der Waals surface area contributed by atoms with E-state index in [4.69, 9.17) is 0 Å². The summed E-state index contributed by atoms with van der Waals surface area (Å²) in [6.45, 7) is 16.9. The van der Waals surface area contributed by atoms with Crippen molar-refractivity contribution in [1.29, 1.82) is 0 Å². The average Bonchev–Trinajstić information content (AvgIpc) is 2.55. The largest absolute Gasteiger partial charge is 0.130 e. The highest BCUT2D eigenvalue weighted by molar-refractivity contribution is 7.19. The molecule has 6 unspecified atom stereocenters. The Morgan fingerprint density at radius 3 is 2.00 bits per heavy atom. The minimum absolute atomic E-state index is 0.196. The lowest BCUT2D eigenvalue weighted by molar-refractivity contribution is -0.0332. The van der Waals surface area contributed by atoms with Gasteiger partial charge in [-0.2, -0.15) is 0 Å². The highest BCUT2D eigenvalue weighted by Crippen LogP contribution is 2.68. The van der Waals surface area contributed by atoms with Gasteiger partial charge in [0.05, 0.1) is 0 Å². The second kappa shape index (κ2) is 6.54. The van der Waals surface area contributed by atoms with E-state index < -0.39 is 0 Å². The maximum absolute atomic E-state index is 3.44. The number of hydrogen-bond acceptors (Lipinski definition) is 0. The molecule has 6 atom stereocenters. The number of hydrogen-bond donors (Lipinski definition) is 0. The zero-order valence-corrected chi connectivity index (χ0v) is 21.5. The van der Waals surface area contributed by atoms with Crippen LogP contribution >= 0.6 is 18.5 Å². The molecule has 0 heterocycles. The normalized spacial score (nSPS) is 38.7. The average molecular weight is 417 g/mol. The Kier molecular flexibility index (Phi) is 4.98. The molecular formula is C26H42P2. The van der Waals surface area contributed by atoms with Crippen molar-refractivity contribution in [2.75, 3.05) is 0 Å². The van der Waals surface area contributed by atoms with Crippen molar-refractivity contribution in [2.45, 2.75) is 102 Å². The Morgan fingerprint density at radius 2 is 1.54 bits per heavy atom. The van der Waals surface area contributed by atoms with Crippen LogP contribution in [-0.4, -0.2) is 5.16 Å². The first-order valence-electron chi connectivity index (χ1n) is 11.4. The van der Waals surface area contributed by atoms with E-state index in [9.17, 15) is 0 Å². The highest BCUT2D eigenvalue weighted by atomic mass is 31.0. The molecular weight excluding hydrogens is 374 g/mol. The summed E-state index contributed by atoms with van der Waals surface area (Å²) in [6, 6.07) is 7.53. The standard InChI is InChI=1S/C26H42P2/c1-23(2,3)18-8-9-20(22(27)24(4,5)6)21(13-18)25(7)19-11-16-10-17(12-19)15-26(25,28)14-16/h8-9,13,16-17,19,22H,10-12,14-15,27-28H2,1-7H3. The number of benzene rings is 1. The molecule has 2 heteroatoms. The van der Waals surface area contributed by atoms with E-state index in [-0.39, 0.29) is 16.2 Å². The van der Waals surface area contributed by atoms with Gasteiger partial charge in [0.1, 0.15) is 0 Å². The first kappa shape index (κ1) is 21.3. The van der Waals surface area contributed by atoms with Crippen LogP contribution in [0.15, 0.2) is 18.2 Å². The fraction of sp³-hybridized carbons (Fsp3) is 0.769. The van der Waals surface area contributed by atoms with Crippen molar-refractivity contribution >= 4 is 18.5 Å². The quantitative estimate of drug-likeness (QED) is 0.434. The summed E-state index contributed by atoms with van der Waals surface area (Å²) in [7, 11) is 6.64. The van der Waals surface area contributed by atoms with Crippen LogP contribution in [-0.2, 0) is 10.8 Å². The van der Waals surface area contributed by atoms with Gasteiger partial charge < -0.3 is 0 Å². The minimum Gasteiger partial charge on any atom is -0.130 e. The Morgan fingerprint density at radius 1 is 0.964 bits per heavy atom. The van der Waals surface area contributed by atoms with Gasteiger partial charge in [0, 0.05) is 11.1 Å². The molecule has 4 aliphatic carbocycles. The molecule has 4 aliphatic rings. The highest BCUT2D eigenvalue weighted by Gasteiger charge is 2.62. The van der Waals surface area contributed by atoms with Crippen LogP contribution in [0.2, 0.25) is 0 Å². The summed E-state index contributed by atoms with van der Waals surface area (Å²) in [5.41, 5.74) is 5.97. The zero-order chi connectivity index (χ0) is 20.7. The van der Waals surface area contributed by atoms with Gasteiger partial charge in [-0.25, -0.2) is 0 Å². The van der Waals surface area contributed by atoms with Crippen LogP contribution in [0.5, 0.6) is 0 Å². The molecule has 0 aliphatic heterocycles. The second-order valence-electron chi connectivity index (χ2n) is 12.8. The van der Waals surface area contributed by atoms with Gasteiger partial charge in [-0.3, -0.25) is 0 Å². The van der Waals surface area contributed by atoms with Gasteiger partial charge in [-0.1, -0.05) is 66.7 Å². The van der Waals surface area contributed by atoms with Crippen LogP contribution in [0.3, 0.4) is 0 Å². The Hall–Kier alpha value is 0.0800. The topological polar surface area (TPSA) is 0 Å². The molecule has 1 aromatic carbocycles. The molecule has 0 amide bonds. The summed E-state index contributed by atoms with van der Waals surface area (Å²) in [5, 5.41) is 0.384. The van der Waals surface area contributed by atoms with Crippen molar-refractivity contribution in [3.63, 3.8) is 0 Å². The molecule has 4 saturated carbocycles. The van der Waals surface area contributed by atoms with Crippen LogP contribution in [0.1, 0.15) is 103 Å². The van der Waals surface area contributed by atoms with Crippen molar-refractivity contribution in [3.8, 4) is 0 Å². The molecule has 5 rings (SSSR count). The minimum atomic E-state index is 0.196. The van der Waals surface area contributed by atoms with E-state index >= 15 is 0 Å². The van der Waals surface area contributed by atoms with Gasteiger partial charge >= 0.3 is 0 Å². The molecule has 28 heavy (non-hydrogen) atoms. The molecule has 0 N–H and O–H groups in total. The third kappa shape index (κ3) is 3.16. The molecule has 0 radical (unpaired) electrons. The lowest BCUT2D eigenvalue weighted by atomic mass is 9.43. The zero-order valence-electron chi connectivity index (χ0n) is 19.2. The van der Waals surface area contributed by atoms with E-state index in [0.717, 1.165) is 17.8 Å². The van der Waals surface area contributed by atoms with Crippen molar-refractivity contribution < 1.29 is 0 Å². The first-order valence-corrected chi connectivity index (χ1v) is 12.7. The summed E-state index contributed by atoms with van der Waals surface area (Å²) in [6.07, 6.45) is 7.25. The Bertz CT molecular complexity index is 752. The van der Waals surface area contributed by atoms with E-state index in [1.54, 1.807) is 11.1 Å². The van der Waals surface area contributed by atoms with Crippen LogP contribution in [0.25, 0.3) is 0 Å². The molecule has 4 bridgehead atoms. The Balaban J connectivity index is 1.92. The van der Waals surface area contributed by atoms with Crippen LogP contribution in [0.4, 0.5) is 0 Å². The van der Waals surface area contributed by atoms with Crippen LogP contribution in [0, 0.1) is 23.2 Å². The predicted molar refractivity (Wildman–Crippen MR) is 130 cm³/mol. The predicted octanol–water partition coefficient (Wildman–Crippen LogP) is 7.66. The van der Waals surface area contributed by atoms with Crippen molar-refractivity contribution in [3.05, 3.63) is 34.9 Å². The smallest absolute Gasteiger partial charge is 0.00471 e. The van der Waals surface area contributed by atoms with Crippen molar-refractivity contribution in [2.24, 2.45) is 23.2 Å². The SMILES string of the molecule is CC(C)(C)c1ccc(C(P)C(C)(C)C)c(C2(C)C3CC4CC(C3)CC2(P)C4)c1. The molecule has 1 aromatic rings. The van der Waals surface area contributed by atoms with Gasteiger partial charge in [0.15, 0.2) is 0 Å². The number of rotatable bonds is 2. The van der Waals surface area contributed by atoms with Gasteiger partial charge in [-0.05, 0) is 82.5 Å². The lowest BCUT2D eigenvalue weighted by Crippen LogP contribution is -2.62. The molecule has 0 saturated heterocycles. The molecule has 156 valence electrons. The fourth-order valence-electron chi connectivity index (χ4n) is 7.01. The maximum atomic E-state index is 3.44. The van der Waals surface area contributed by atoms with E-state index in [1.165, 1.54) is 37.7 Å². The third-order valence-electron chi connectivity index (χ3n) is 8.81. The molecule has 4 fully saturated rings. The van der Waals surface area contributed by atoms with Gasteiger partial charge in [-0.15, -0.1) is 18.5 Å². The first-order chi connectivity index (χ1) is 12.8. The molecule has 0 spiro atoms. The summed E-state index contributed by atoms with van der Waals surface area (Å²) in [4.78, 5) is 0. The summed E-state index contributed by atoms with van der Waals surface area (Å²) >= 11 is 0. The van der Waals surface area contributed by atoms with Crippen molar-refractivity contribution in [1.82, 2.24) is 0 Å². The van der Waals surface area contributed by atoms with Gasteiger partial charge in [0.25, 0.3) is 0 Å². The van der Waals surface area contributed by atoms with E-state index in [2.05, 4.69) is 85.1 Å². The molecule has 0 nitrogen and oxygen atoms in total. The lowest BCUT2D eigenvalue weighted by Gasteiger charge is -2.66. The summed E-state index contributed by atoms with van der Waals surface area (Å²) in [5.74, 6) is 2.81. The van der Waals surface area contributed by atoms with E-state index in [1.807, 2.05) is 0 Å².